The number of aryl methyl sites for hydroxylation is 1. The highest BCUT2D eigenvalue weighted by molar-refractivity contribution is 5.93. The SMILES string of the molecule is Cn1c(=O)cc(NC(c2ncccn2)C2CC2)c2cc([N+](=O)[O-])ccc21. The summed E-state index contributed by atoms with van der Waals surface area (Å²) in [5.74, 6) is 1.05. The Bertz CT molecular complexity index is 1040. The van der Waals surface area contributed by atoms with Crippen molar-refractivity contribution in [3.63, 3.8) is 0 Å². The number of benzene rings is 1. The Morgan fingerprint density at radius 3 is 2.65 bits per heavy atom. The summed E-state index contributed by atoms with van der Waals surface area (Å²) in [6.07, 6.45) is 5.48. The van der Waals surface area contributed by atoms with Crippen molar-refractivity contribution in [2.75, 3.05) is 5.32 Å². The van der Waals surface area contributed by atoms with E-state index >= 15 is 0 Å². The van der Waals surface area contributed by atoms with Crippen LogP contribution in [-0.4, -0.2) is 19.5 Å². The Morgan fingerprint density at radius 2 is 2.00 bits per heavy atom. The Morgan fingerprint density at radius 1 is 1.27 bits per heavy atom. The van der Waals surface area contributed by atoms with E-state index in [0.29, 0.717) is 28.3 Å². The largest absolute Gasteiger partial charge is 0.374 e. The molecule has 4 rings (SSSR count). The minimum Gasteiger partial charge on any atom is -0.374 e. The van der Waals surface area contributed by atoms with Gasteiger partial charge in [0.25, 0.3) is 11.2 Å². The average molecular weight is 351 g/mol. The Hall–Kier alpha value is -3.29. The van der Waals surface area contributed by atoms with E-state index in [4.69, 9.17) is 0 Å². The number of fused-ring (bicyclic) bond motifs is 1. The van der Waals surface area contributed by atoms with E-state index in [1.54, 1.807) is 31.6 Å². The molecular formula is C18H17N5O3. The molecule has 0 saturated heterocycles. The van der Waals surface area contributed by atoms with Crippen LogP contribution in [0.5, 0.6) is 0 Å². The molecule has 8 heteroatoms. The summed E-state index contributed by atoms with van der Waals surface area (Å²) in [5, 5.41) is 15.2. The highest BCUT2D eigenvalue weighted by Gasteiger charge is 2.34. The van der Waals surface area contributed by atoms with Crippen molar-refractivity contribution in [3.8, 4) is 0 Å². The zero-order valence-corrected chi connectivity index (χ0v) is 14.1. The first-order valence-electron chi connectivity index (χ1n) is 8.36. The average Bonchev–Trinajstić information content (AvgIpc) is 3.48. The first-order valence-corrected chi connectivity index (χ1v) is 8.36. The first kappa shape index (κ1) is 16.2. The smallest absolute Gasteiger partial charge is 0.270 e. The molecule has 1 unspecified atom stereocenters. The molecule has 26 heavy (non-hydrogen) atoms. The molecule has 1 fully saturated rings. The van der Waals surface area contributed by atoms with E-state index in [0.717, 1.165) is 12.8 Å². The van der Waals surface area contributed by atoms with Crippen LogP contribution in [0.25, 0.3) is 10.9 Å². The van der Waals surface area contributed by atoms with Gasteiger partial charge >= 0.3 is 0 Å². The summed E-state index contributed by atoms with van der Waals surface area (Å²) >= 11 is 0. The number of hydrogen-bond donors (Lipinski definition) is 1. The minimum atomic E-state index is -0.437. The first-order chi connectivity index (χ1) is 12.5. The lowest BCUT2D eigenvalue weighted by molar-refractivity contribution is -0.384. The fourth-order valence-electron chi connectivity index (χ4n) is 3.14. The summed E-state index contributed by atoms with van der Waals surface area (Å²) < 4.78 is 1.48. The van der Waals surface area contributed by atoms with Gasteiger partial charge in [-0.1, -0.05) is 0 Å². The van der Waals surface area contributed by atoms with Crippen molar-refractivity contribution in [1.29, 1.82) is 0 Å². The molecule has 3 aromatic rings. The third-order valence-electron chi connectivity index (χ3n) is 4.71. The van der Waals surface area contributed by atoms with Crippen LogP contribution >= 0.6 is 0 Å². The number of non-ortho nitro benzene ring substituents is 1. The van der Waals surface area contributed by atoms with E-state index in [1.807, 2.05) is 0 Å². The molecule has 1 N–H and O–H groups in total. The Balaban J connectivity index is 1.84. The highest BCUT2D eigenvalue weighted by atomic mass is 16.6. The van der Waals surface area contributed by atoms with Crippen LogP contribution in [0.4, 0.5) is 11.4 Å². The van der Waals surface area contributed by atoms with Gasteiger partial charge in [-0.15, -0.1) is 0 Å². The second-order valence-electron chi connectivity index (χ2n) is 6.48. The quantitative estimate of drug-likeness (QED) is 0.560. The van der Waals surface area contributed by atoms with Gasteiger partial charge in [0.1, 0.15) is 0 Å². The van der Waals surface area contributed by atoms with Crippen molar-refractivity contribution in [1.82, 2.24) is 14.5 Å². The number of aromatic nitrogens is 3. The third kappa shape index (κ3) is 2.90. The molecule has 0 amide bonds. The van der Waals surface area contributed by atoms with E-state index in [-0.39, 0.29) is 17.3 Å². The fraction of sp³-hybridized carbons (Fsp3) is 0.278. The van der Waals surface area contributed by atoms with Gasteiger partial charge in [-0.05, 0) is 30.9 Å². The van der Waals surface area contributed by atoms with Crippen molar-refractivity contribution in [2.24, 2.45) is 13.0 Å². The molecule has 0 radical (unpaired) electrons. The zero-order chi connectivity index (χ0) is 18.3. The van der Waals surface area contributed by atoms with Crippen LogP contribution < -0.4 is 10.9 Å². The van der Waals surface area contributed by atoms with Crippen molar-refractivity contribution in [3.05, 3.63) is 69.0 Å². The van der Waals surface area contributed by atoms with E-state index in [9.17, 15) is 14.9 Å². The number of anilines is 1. The van der Waals surface area contributed by atoms with Gasteiger partial charge in [0.2, 0.25) is 0 Å². The number of nitrogens with one attached hydrogen (secondary N) is 1. The zero-order valence-electron chi connectivity index (χ0n) is 14.1. The molecule has 0 aliphatic heterocycles. The molecule has 1 aliphatic rings. The maximum atomic E-state index is 12.3. The lowest BCUT2D eigenvalue weighted by Gasteiger charge is -2.20. The molecule has 2 heterocycles. The summed E-state index contributed by atoms with van der Waals surface area (Å²) in [6, 6.07) is 7.60. The third-order valence-corrected chi connectivity index (χ3v) is 4.71. The van der Waals surface area contributed by atoms with Crippen LogP contribution in [0, 0.1) is 16.0 Å². The van der Waals surface area contributed by atoms with Gasteiger partial charge in [0.05, 0.1) is 16.5 Å². The molecule has 1 aromatic carbocycles. The van der Waals surface area contributed by atoms with Gasteiger partial charge < -0.3 is 9.88 Å². The summed E-state index contributed by atoms with van der Waals surface area (Å²) in [5.41, 5.74) is 1.00. The van der Waals surface area contributed by atoms with Crippen LogP contribution in [0.2, 0.25) is 0 Å². The van der Waals surface area contributed by atoms with Gasteiger partial charge in [-0.3, -0.25) is 14.9 Å². The number of nitro benzene ring substituents is 1. The lowest BCUT2D eigenvalue weighted by atomic mass is 10.1. The lowest BCUT2D eigenvalue weighted by Crippen LogP contribution is -2.21. The fourth-order valence-corrected chi connectivity index (χ4v) is 3.14. The maximum absolute atomic E-state index is 12.3. The number of rotatable bonds is 5. The monoisotopic (exact) mass is 351 g/mol. The van der Waals surface area contributed by atoms with Gasteiger partial charge in [0, 0.05) is 48.7 Å². The van der Waals surface area contributed by atoms with Gasteiger partial charge in [-0.25, -0.2) is 9.97 Å². The predicted molar refractivity (Wildman–Crippen MR) is 97.0 cm³/mol. The number of pyridine rings is 1. The number of hydrogen-bond acceptors (Lipinski definition) is 6. The molecule has 2 aromatic heterocycles. The standard InChI is InChI=1S/C18H17N5O3/c1-22-15-6-5-12(23(25)26)9-13(15)14(10-16(22)24)21-17(11-3-4-11)18-19-7-2-8-20-18/h2,5-11,17,21H,3-4H2,1H3. The van der Waals surface area contributed by atoms with Crippen molar-refractivity contribution < 1.29 is 4.92 Å². The van der Waals surface area contributed by atoms with E-state index < -0.39 is 4.92 Å². The molecule has 8 nitrogen and oxygen atoms in total. The number of nitro groups is 1. The van der Waals surface area contributed by atoms with E-state index in [2.05, 4.69) is 15.3 Å². The highest BCUT2D eigenvalue weighted by Crippen LogP contribution is 2.42. The molecule has 1 saturated carbocycles. The van der Waals surface area contributed by atoms with Crippen LogP contribution in [0.3, 0.4) is 0 Å². The molecule has 0 spiro atoms. The molecular weight excluding hydrogens is 334 g/mol. The van der Waals surface area contributed by atoms with Crippen LogP contribution in [0.1, 0.15) is 24.7 Å². The van der Waals surface area contributed by atoms with Gasteiger partial charge in [-0.2, -0.15) is 0 Å². The topological polar surface area (TPSA) is 103 Å². The second kappa shape index (κ2) is 6.21. The van der Waals surface area contributed by atoms with Gasteiger partial charge in [0.15, 0.2) is 5.82 Å². The van der Waals surface area contributed by atoms with E-state index in [1.165, 1.54) is 22.8 Å². The normalized spacial score (nSPS) is 15.0. The predicted octanol–water partition coefficient (Wildman–Crippen LogP) is 2.80. The molecule has 1 aliphatic carbocycles. The minimum absolute atomic E-state index is 0.0156. The molecule has 0 bridgehead atoms. The maximum Gasteiger partial charge on any atom is 0.270 e. The van der Waals surface area contributed by atoms with Crippen LogP contribution in [-0.2, 0) is 7.05 Å². The second-order valence-corrected chi connectivity index (χ2v) is 6.48. The summed E-state index contributed by atoms with van der Waals surface area (Å²) in [6.45, 7) is 0. The molecule has 132 valence electrons. The number of nitrogens with zero attached hydrogens (tertiary/aromatic N) is 4. The van der Waals surface area contributed by atoms with Crippen molar-refractivity contribution >= 4 is 22.3 Å². The Kier molecular flexibility index (Phi) is 3.87. The molecule has 1 atom stereocenters. The summed E-state index contributed by atoms with van der Waals surface area (Å²) in [7, 11) is 1.65. The Labute approximate surface area is 148 Å². The summed E-state index contributed by atoms with van der Waals surface area (Å²) in [4.78, 5) is 31.7. The van der Waals surface area contributed by atoms with Crippen molar-refractivity contribution in [2.45, 2.75) is 18.9 Å². The van der Waals surface area contributed by atoms with Crippen LogP contribution in [0.15, 0.2) is 47.5 Å².